The van der Waals surface area contributed by atoms with Crippen LogP contribution in [0.25, 0.3) is 0 Å². The van der Waals surface area contributed by atoms with E-state index in [9.17, 15) is 9.50 Å². The minimum atomic E-state index is -0.959. The summed E-state index contributed by atoms with van der Waals surface area (Å²) in [6, 6.07) is 6.24. The van der Waals surface area contributed by atoms with Crippen molar-refractivity contribution in [1.29, 1.82) is 0 Å². The Morgan fingerprint density at radius 3 is 2.88 bits per heavy atom. The SMILES string of the molecule is CCNC(=NCC(O)c1ccccc1F)N(C)CCOCC1CC1. The summed E-state index contributed by atoms with van der Waals surface area (Å²) < 4.78 is 19.3. The number of aliphatic hydroxyl groups is 1. The first kappa shape index (κ1) is 18.7. The van der Waals surface area contributed by atoms with E-state index in [2.05, 4.69) is 10.3 Å². The second-order valence-corrected chi connectivity index (χ2v) is 6.17. The molecule has 2 N–H and O–H groups in total. The highest BCUT2D eigenvalue weighted by atomic mass is 19.1. The fraction of sp³-hybridized carbons (Fsp3) is 0.611. The number of hydrogen-bond donors (Lipinski definition) is 2. The Balaban J connectivity index is 1.84. The molecule has 1 aromatic carbocycles. The van der Waals surface area contributed by atoms with E-state index in [0.29, 0.717) is 19.1 Å². The molecule has 0 amide bonds. The quantitative estimate of drug-likeness (QED) is 0.412. The monoisotopic (exact) mass is 337 g/mol. The van der Waals surface area contributed by atoms with E-state index >= 15 is 0 Å². The third-order valence-corrected chi connectivity index (χ3v) is 4.00. The number of aliphatic hydroxyl groups excluding tert-OH is 1. The van der Waals surface area contributed by atoms with Gasteiger partial charge in [0.25, 0.3) is 0 Å². The van der Waals surface area contributed by atoms with Crippen LogP contribution in [0, 0.1) is 11.7 Å². The highest BCUT2D eigenvalue weighted by Crippen LogP contribution is 2.28. The summed E-state index contributed by atoms with van der Waals surface area (Å²) in [7, 11) is 1.93. The molecule has 5 nitrogen and oxygen atoms in total. The minimum Gasteiger partial charge on any atom is -0.386 e. The van der Waals surface area contributed by atoms with Gasteiger partial charge in [-0.1, -0.05) is 18.2 Å². The number of halogens is 1. The summed E-state index contributed by atoms with van der Waals surface area (Å²) in [6.07, 6.45) is 1.61. The Labute approximate surface area is 143 Å². The van der Waals surface area contributed by atoms with Gasteiger partial charge < -0.3 is 20.1 Å². The first-order valence-corrected chi connectivity index (χ1v) is 8.61. The van der Waals surface area contributed by atoms with E-state index < -0.39 is 11.9 Å². The summed E-state index contributed by atoms with van der Waals surface area (Å²) in [4.78, 5) is 6.38. The predicted molar refractivity (Wildman–Crippen MR) is 93.5 cm³/mol. The molecule has 24 heavy (non-hydrogen) atoms. The smallest absolute Gasteiger partial charge is 0.193 e. The molecule has 6 heteroatoms. The molecule has 0 spiro atoms. The van der Waals surface area contributed by atoms with Gasteiger partial charge in [0, 0.05) is 32.3 Å². The molecular formula is C18H28FN3O2. The maximum absolute atomic E-state index is 13.7. The topological polar surface area (TPSA) is 57.1 Å². The van der Waals surface area contributed by atoms with E-state index in [1.165, 1.54) is 18.9 Å². The van der Waals surface area contributed by atoms with Crippen molar-refractivity contribution >= 4 is 5.96 Å². The van der Waals surface area contributed by atoms with Crippen LogP contribution >= 0.6 is 0 Å². The Kier molecular flexibility index (Phi) is 7.46. The second kappa shape index (κ2) is 9.59. The van der Waals surface area contributed by atoms with Gasteiger partial charge >= 0.3 is 0 Å². The van der Waals surface area contributed by atoms with Crippen LogP contribution in [-0.4, -0.2) is 55.9 Å². The van der Waals surface area contributed by atoms with Gasteiger partial charge in [0.15, 0.2) is 5.96 Å². The molecule has 1 fully saturated rings. The van der Waals surface area contributed by atoms with Crippen molar-refractivity contribution in [2.45, 2.75) is 25.9 Å². The van der Waals surface area contributed by atoms with E-state index in [4.69, 9.17) is 4.74 Å². The van der Waals surface area contributed by atoms with Crippen molar-refractivity contribution in [2.24, 2.45) is 10.9 Å². The molecule has 0 aromatic heterocycles. The van der Waals surface area contributed by atoms with E-state index in [-0.39, 0.29) is 12.1 Å². The summed E-state index contributed by atoms with van der Waals surface area (Å²) in [6.45, 7) is 5.02. The molecule has 0 heterocycles. The molecular weight excluding hydrogens is 309 g/mol. The van der Waals surface area contributed by atoms with Crippen LogP contribution in [0.1, 0.15) is 31.4 Å². The normalized spacial score (nSPS) is 16.1. The first-order valence-electron chi connectivity index (χ1n) is 8.61. The van der Waals surface area contributed by atoms with Crippen LogP contribution in [0.3, 0.4) is 0 Å². The van der Waals surface area contributed by atoms with Crippen LogP contribution < -0.4 is 5.32 Å². The lowest BCUT2D eigenvalue weighted by atomic mass is 10.1. The molecule has 1 unspecified atom stereocenters. The van der Waals surface area contributed by atoms with Gasteiger partial charge in [-0.2, -0.15) is 0 Å². The Bertz CT molecular complexity index is 535. The van der Waals surface area contributed by atoms with E-state index in [1.807, 2.05) is 18.9 Å². The fourth-order valence-electron chi connectivity index (χ4n) is 2.33. The highest BCUT2D eigenvalue weighted by Gasteiger charge is 2.21. The molecule has 1 aromatic rings. The minimum absolute atomic E-state index is 0.108. The molecule has 0 bridgehead atoms. The molecule has 1 saturated carbocycles. The van der Waals surface area contributed by atoms with Gasteiger partial charge in [-0.05, 0) is 31.7 Å². The highest BCUT2D eigenvalue weighted by molar-refractivity contribution is 5.79. The zero-order chi connectivity index (χ0) is 17.4. The van der Waals surface area contributed by atoms with Crippen LogP contribution in [0.4, 0.5) is 4.39 Å². The molecule has 0 saturated heterocycles. The van der Waals surface area contributed by atoms with Crippen molar-refractivity contribution in [3.05, 3.63) is 35.6 Å². The van der Waals surface area contributed by atoms with Crippen molar-refractivity contribution in [3.8, 4) is 0 Å². The molecule has 0 aliphatic heterocycles. The average molecular weight is 337 g/mol. The van der Waals surface area contributed by atoms with Gasteiger partial charge in [0.1, 0.15) is 11.9 Å². The number of nitrogens with zero attached hydrogens (tertiary/aromatic N) is 2. The van der Waals surface area contributed by atoms with Crippen LogP contribution in [0.15, 0.2) is 29.3 Å². The maximum Gasteiger partial charge on any atom is 0.193 e. The molecule has 1 aliphatic rings. The van der Waals surface area contributed by atoms with E-state index in [1.54, 1.807) is 18.2 Å². The lowest BCUT2D eigenvalue weighted by molar-refractivity contribution is 0.115. The van der Waals surface area contributed by atoms with Crippen LogP contribution in [0.2, 0.25) is 0 Å². The summed E-state index contributed by atoms with van der Waals surface area (Å²) in [5.41, 5.74) is 0.271. The van der Waals surface area contributed by atoms with Crippen molar-refractivity contribution in [2.75, 3.05) is 39.9 Å². The van der Waals surface area contributed by atoms with Crippen molar-refractivity contribution < 1.29 is 14.2 Å². The zero-order valence-corrected chi connectivity index (χ0v) is 14.5. The molecule has 0 radical (unpaired) electrons. The van der Waals surface area contributed by atoms with Crippen molar-refractivity contribution in [1.82, 2.24) is 10.2 Å². The lowest BCUT2D eigenvalue weighted by Gasteiger charge is -2.22. The Morgan fingerprint density at radius 2 is 2.21 bits per heavy atom. The Morgan fingerprint density at radius 1 is 1.46 bits per heavy atom. The first-order chi connectivity index (χ1) is 11.6. The standard InChI is InChI=1S/C18H28FN3O2/c1-3-20-18(22(2)10-11-24-13-14-8-9-14)21-12-17(23)15-6-4-5-7-16(15)19/h4-7,14,17,23H,3,8-13H2,1-2H3,(H,20,21). The van der Waals surface area contributed by atoms with E-state index in [0.717, 1.165) is 19.1 Å². The molecule has 2 rings (SSSR count). The number of nitrogens with one attached hydrogen (secondary N) is 1. The number of benzene rings is 1. The lowest BCUT2D eigenvalue weighted by Crippen LogP contribution is -2.41. The third-order valence-electron chi connectivity index (χ3n) is 4.00. The second-order valence-electron chi connectivity index (χ2n) is 6.17. The summed E-state index contributed by atoms with van der Waals surface area (Å²) in [5, 5.41) is 13.3. The number of guanidine groups is 1. The molecule has 1 aliphatic carbocycles. The van der Waals surface area contributed by atoms with Crippen LogP contribution in [-0.2, 0) is 4.74 Å². The molecule has 1 atom stereocenters. The third kappa shape index (κ3) is 6.09. The number of rotatable bonds is 9. The van der Waals surface area contributed by atoms with Gasteiger partial charge in [-0.3, -0.25) is 4.99 Å². The summed E-state index contributed by atoms with van der Waals surface area (Å²) in [5.74, 6) is 1.03. The van der Waals surface area contributed by atoms with Gasteiger partial charge in [-0.25, -0.2) is 4.39 Å². The van der Waals surface area contributed by atoms with Gasteiger partial charge in [-0.15, -0.1) is 0 Å². The van der Waals surface area contributed by atoms with Gasteiger partial charge in [0.2, 0.25) is 0 Å². The number of likely N-dealkylation sites (N-methyl/N-ethyl adjacent to an activating group) is 1. The number of aliphatic imine (C=N–C) groups is 1. The Hall–Kier alpha value is -1.66. The zero-order valence-electron chi connectivity index (χ0n) is 14.5. The number of hydrogen-bond acceptors (Lipinski definition) is 3. The van der Waals surface area contributed by atoms with Crippen LogP contribution in [0.5, 0.6) is 0 Å². The largest absolute Gasteiger partial charge is 0.386 e. The maximum atomic E-state index is 13.7. The number of ether oxygens (including phenoxy) is 1. The van der Waals surface area contributed by atoms with Crippen molar-refractivity contribution in [3.63, 3.8) is 0 Å². The average Bonchev–Trinajstić information content (AvgIpc) is 3.39. The fourth-order valence-corrected chi connectivity index (χ4v) is 2.33. The summed E-state index contributed by atoms with van der Waals surface area (Å²) >= 11 is 0. The van der Waals surface area contributed by atoms with Gasteiger partial charge in [0.05, 0.1) is 13.2 Å². The predicted octanol–water partition coefficient (Wildman–Crippen LogP) is 2.18. The molecule has 134 valence electrons.